The summed E-state index contributed by atoms with van der Waals surface area (Å²) in [4.78, 5) is 16.0. The molecule has 1 aromatic heterocycles. The molecule has 1 aromatic carbocycles. The molecule has 0 unspecified atom stereocenters. The first-order valence-corrected chi connectivity index (χ1v) is 7.61. The molecule has 122 valence electrons. The molecular formula is C16H18ClN3O3. The van der Waals surface area contributed by atoms with E-state index in [2.05, 4.69) is 5.16 Å². The lowest BCUT2D eigenvalue weighted by atomic mass is 10.0. The maximum absolute atomic E-state index is 12.7. The predicted octanol–water partition coefficient (Wildman–Crippen LogP) is 3.69. The van der Waals surface area contributed by atoms with Gasteiger partial charge in [0.05, 0.1) is 5.54 Å². The number of amides is 2. The highest BCUT2D eigenvalue weighted by atomic mass is 35.5. The third kappa shape index (κ3) is 2.63. The molecule has 7 heteroatoms. The predicted molar refractivity (Wildman–Crippen MR) is 86.8 cm³/mol. The van der Waals surface area contributed by atoms with Crippen LogP contribution in [-0.2, 0) is 0 Å². The molecule has 0 bridgehead atoms. The minimum Gasteiger partial charge on any atom is -0.448 e. The fraction of sp³-hybridized carbons (Fsp3) is 0.375. The van der Waals surface area contributed by atoms with Crippen molar-refractivity contribution < 1.29 is 14.1 Å². The van der Waals surface area contributed by atoms with E-state index in [9.17, 15) is 4.79 Å². The molecule has 1 saturated heterocycles. The lowest BCUT2D eigenvalue weighted by molar-refractivity contribution is 0.0844. The van der Waals surface area contributed by atoms with Crippen LogP contribution in [0.15, 0.2) is 34.9 Å². The van der Waals surface area contributed by atoms with Gasteiger partial charge in [-0.05, 0) is 50.2 Å². The Morgan fingerprint density at radius 3 is 2.52 bits per heavy atom. The number of ether oxygens (including phenoxy) is 1. The number of anilines is 1. The van der Waals surface area contributed by atoms with Crippen LogP contribution >= 0.6 is 11.6 Å². The second-order valence-electron chi connectivity index (χ2n) is 6.09. The smallest absolute Gasteiger partial charge is 0.327 e. The Labute approximate surface area is 139 Å². The van der Waals surface area contributed by atoms with E-state index in [0.29, 0.717) is 22.4 Å². The third-order valence-corrected chi connectivity index (χ3v) is 4.39. The fourth-order valence-corrected chi connectivity index (χ4v) is 2.67. The summed E-state index contributed by atoms with van der Waals surface area (Å²) in [7, 11) is 1.75. The molecule has 2 heterocycles. The number of aryl methyl sites for hydroxylation is 1. The minimum absolute atomic E-state index is 0.150. The molecule has 0 saturated carbocycles. The molecule has 2 aromatic rings. The lowest BCUT2D eigenvalue weighted by Gasteiger charge is -2.32. The molecule has 3 rings (SSSR count). The summed E-state index contributed by atoms with van der Waals surface area (Å²) in [5.74, 6) is 0.996. The zero-order chi connectivity index (χ0) is 16.8. The van der Waals surface area contributed by atoms with E-state index in [1.54, 1.807) is 54.1 Å². The number of aromatic nitrogens is 1. The molecule has 1 aliphatic rings. The first kappa shape index (κ1) is 15.7. The van der Waals surface area contributed by atoms with Crippen molar-refractivity contribution in [2.45, 2.75) is 32.5 Å². The van der Waals surface area contributed by atoms with Crippen LogP contribution in [0.2, 0.25) is 5.02 Å². The average Bonchev–Trinajstić information content (AvgIpc) is 2.98. The number of rotatable bonds is 3. The van der Waals surface area contributed by atoms with Gasteiger partial charge in [0.2, 0.25) is 6.23 Å². The largest absolute Gasteiger partial charge is 0.448 e. The Kier molecular flexibility index (Phi) is 3.72. The van der Waals surface area contributed by atoms with Crippen molar-refractivity contribution in [2.75, 3.05) is 11.9 Å². The highest BCUT2D eigenvalue weighted by Gasteiger charge is 2.52. The van der Waals surface area contributed by atoms with Crippen LogP contribution in [-0.4, -0.2) is 34.9 Å². The van der Waals surface area contributed by atoms with Gasteiger partial charge in [0, 0.05) is 23.8 Å². The van der Waals surface area contributed by atoms with Gasteiger partial charge in [-0.25, -0.2) is 4.79 Å². The molecule has 1 atom stereocenters. The summed E-state index contributed by atoms with van der Waals surface area (Å²) in [6.07, 6.45) is -0.550. The van der Waals surface area contributed by atoms with E-state index in [0.717, 1.165) is 0 Å². The first-order chi connectivity index (χ1) is 10.8. The van der Waals surface area contributed by atoms with Crippen LogP contribution in [0.1, 0.15) is 19.6 Å². The Hall–Kier alpha value is -2.21. The van der Waals surface area contributed by atoms with Crippen molar-refractivity contribution in [3.05, 3.63) is 41.1 Å². The van der Waals surface area contributed by atoms with Crippen molar-refractivity contribution in [1.82, 2.24) is 10.1 Å². The van der Waals surface area contributed by atoms with Gasteiger partial charge in [0.25, 0.3) is 5.88 Å². The lowest BCUT2D eigenvalue weighted by Crippen LogP contribution is -2.49. The van der Waals surface area contributed by atoms with Gasteiger partial charge >= 0.3 is 6.03 Å². The number of hydrogen-bond donors (Lipinski definition) is 0. The third-order valence-electron chi connectivity index (χ3n) is 4.14. The number of likely N-dealkylation sites (N-methyl/N-ethyl adjacent to an activating group) is 1. The molecule has 2 amide bonds. The maximum atomic E-state index is 12.7. The highest BCUT2D eigenvalue weighted by molar-refractivity contribution is 6.30. The van der Waals surface area contributed by atoms with Crippen LogP contribution in [0.4, 0.5) is 10.5 Å². The van der Waals surface area contributed by atoms with Crippen LogP contribution in [0.3, 0.4) is 0 Å². The number of hydrogen-bond acceptors (Lipinski definition) is 4. The fourth-order valence-electron chi connectivity index (χ4n) is 2.55. The van der Waals surface area contributed by atoms with Crippen molar-refractivity contribution in [3.8, 4) is 5.88 Å². The molecule has 0 aliphatic carbocycles. The van der Waals surface area contributed by atoms with Gasteiger partial charge in [-0.3, -0.25) is 4.90 Å². The summed E-state index contributed by atoms with van der Waals surface area (Å²) in [5.41, 5.74) is 0.158. The quantitative estimate of drug-likeness (QED) is 0.858. The number of nitrogens with zero attached hydrogens (tertiary/aromatic N) is 3. The topological polar surface area (TPSA) is 58.8 Å². The van der Waals surface area contributed by atoms with Gasteiger partial charge in [0.15, 0.2) is 0 Å². The first-order valence-electron chi connectivity index (χ1n) is 7.23. The van der Waals surface area contributed by atoms with Crippen LogP contribution in [0.5, 0.6) is 5.88 Å². The van der Waals surface area contributed by atoms with E-state index in [1.807, 2.05) is 13.8 Å². The summed E-state index contributed by atoms with van der Waals surface area (Å²) in [6, 6.07) is 8.61. The second kappa shape index (κ2) is 5.45. The summed E-state index contributed by atoms with van der Waals surface area (Å²) in [6.45, 7) is 5.67. The van der Waals surface area contributed by atoms with Crippen molar-refractivity contribution in [3.63, 3.8) is 0 Å². The zero-order valence-electron chi connectivity index (χ0n) is 13.4. The SMILES string of the molecule is Cc1cc(O[C@@H]2N(c3ccc(Cl)cc3)C(=O)N(C)C2(C)C)no1. The average molecular weight is 336 g/mol. The zero-order valence-corrected chi connectivity index (χ0v) is 14.2. The normalized spacial score (nSPS) is 20.2. The van der Waals surface area contributed by atoms with E-state index in [1.165, 1.54) is 0 Å². The molecule has 6 nitrogen and oxygen atoms in total. The van der Waals surface area contributed by atoms with E-state index in [4.69, 9.17) is 20.9 Å². The van der Waals surface area contributed by atoms with Gasteiger partial charge < -0.3 is 14.2 Å². The maximum Gasteiger partial charge on any atom is 0.327 e. The highest BCUT2D eigenvalue weighted by Crippen LogP contribution is 2.36. The van der Waals surface area contributed by atoms with Crippen LogP contribution < -0.4 is 9.64 Å². The van der Waals surface area contributed by atoms with Crippen molar-refractivity contribution >= 4 is 23.3 Å². The van der Waals surface area contributed by atoms with Gasteiger partial charge in [-0.2, -0.15) is 0 Å². The molecule has 0 radical (unpaired) electrons. The number of carbonyl (C=O) groups excluding carboxylic acids is 1. The summed E-state index contributed by atoms with van der Waals surface area (Å²) in [5, 5.41) is 4.47. The Morgan fingerprint density at radius 1 is 1.30 bits per heavy atom. The second-order valence-corrected chi connectivity index (χ2v) is 6.52. The van der Waals surface area contributed by atoms with Crippen molar-refractivity contribution in [2.24, 2.45) is 0 Å². The van der Waals surface area contributed by atoms with Gasteiger partial charge in [0.1, 0.15) is 5.76 Å². The van der Waals surface area contributed by atoms with Gasteiger partial charge in [-0.1, -0.05) is 11.6 Å². The number of benzene rings is 1. The molecular weight excluding hydrogens is 318 g/mol. The van der Waals surface area contributed by atoms with Crippen LogP contribution in [0.25, 0.3) is 0 Å². The summed E-state index contributed by atoms with van der Waals surface area (Å²) < 4.78 is 11.0. The van der Waals surface area contributed by atoms with E-state index < -0.39 is 11.8 Å². The minimum atomic E-state index is -0.552. The van der Waals surface area contributed by atoms with Crippen molar-refractivity contribution in [1.29, 1.82) is 0 Å². The molecule has 0 spiro atoms. The molecule has 1 aliphatic heterocycles. The summed E-state index contributed by atoms with van der Waals surface area (Å²) >= 11 is 5.94. The van der Waals surface area contributed by atoms with Crippen LogP contribution in [0, 0.1) is 6.92 Å². The number of halogens is 1. The number of carbonyl (C=O) groups is 1. The van der Waals surface area contributed by atoms with Gasteiger partial charge in [-0.15, -0.1) is 0 Å². The van der Waals surface area contributed by atoms with E-state index in [-0.39, 0.29) is 6.03 Å². The molecule has 0 N–H and O–H groups in total. The Morgan fingerprint density at radius 2 is 1.96 bits per heavy atom. The monoisotopic (exact) mass is 335 g/mol. The molecule has 23 heavy (non-hydrogen) atoms. The molecule has 1 fully saturated rings. The van der Waals surface area contributed by atoms with E-state index >= 15 is 0 Å². The Balaban J connectivity index is 1.99. The Bertz CT molecular complexity index is 726. The number of urea groups is 1. The standard InChI is InChI=1S/C16H18ClN3O3/c1-10-9-13(18-23-10)22-14-16(2,3)19(4)15(21)20(14)12-7-5-11(17)6-8-12/h5-9,14H,1-4H3/t14-/m0/s1.